The molecule has 1 aromatic carbocycles. The Morgan fingerprint density at radius 1 is 1.31 bits per heavy atom. The lowest BCUT2D eigenvalue weighted by Crippen LogP contribution is -2.40. The Labute approximate surface area is 154 Å². The molecule has 4 atom stereocenters. The van der Waals surface area contributed by atoms with Crippen molar-refractivity contribution in [2.45, 2.75) is 44.8 Å². The Morgan fingerprint density at radius 2 is 2.08 bits per heavy atom. The van der Waals surface area contributed by atoms with Gasteiger partial charge in [-0.1, -0.05) is 49.6 Å². The van der Waals surface area contributed by atoms with E-state index in [0.717, 1.165) is 30.5 Å². The maximum absolute atomic E-state index is 13.2. The van der Waals surface area contributed by atoms with E-state index in [1.54, 1.807) is 4.90 Å². The van der Waals surface area contributed by atoms with Gasteiger partial charge in [0.2, 0.25) is 5.91 Å². The number of unbranched alkanes of at least 4 members (excludes halogenated alkanes) is 2. The second kappa shape index (κ2) is 6.54. The van der Waals surface area contributed by atoms with Crippen molar-refractivity contribution in [2.75, 3.05) is 18.1 Å². The monoisotopic (exact) mass is 355 g/mol. The maximum Gasteiger partial charge on any atom is 0.312 e. The van der Waals surface area contributed by atoms with Crippen LogP contribution in [0.5, 0.6) is 0 Å². The van der Waals surface area contributed by atoms with Gasteiger partial charge in [-0.2, -0.15) is 0 Å². The highest BCUT2D eigenvalue weighted by molar-refractivity contribution is 6.02. The van der Waals surface area contributed by atoms with Crippen LogP contribution in [0.15, 0.2) is 36.4 Å². The fourth-order valence-corrected chi connectivity index (χ4v) is 4.33. The number of hydrogen-bond donors (Lipinski definition) is 0. The zero-order valence-electron chi connectivity index (χ0n) is 15.3. The minimum absolute atomic E-state index is 0.0452. The van der Waals surface area contributed by atoms with Crippen LogP contribution in [0.1, 0.15) is 31.7 Å². The smallest absolute Gasteiger partial charge is 0.312 e. The third-order valence-electron chi connectivity index (χ3n) is 5.71. The maximum atomic E-state index is 13.2. The van der Waals surface area contributed by atoms with Crippen LogP contribution in [0, 0.1) is 18.8 Å². The van der Waals surface area contributed by atoms with E-state index in [4.69, 9.17) is 9.47 Å². The average Bonchev–Trinajstić information content (AvgIpc) is 3.28. The van der Waals surface area contributed by atoms with Crippen molar-refractivity contribution in [3.63, 3.8) is 0 Å². The van der Waals surface area contributed by atoms with Crippen molar-refractivity contribution in [1.82, 2.24) is 0 Å². The molecule has 2 bridgehead atoms. The van der Waals surface area contributed by atoms with Gasteiger partial charge in [0.25, 0.3) is 0 Å². The highest BCUT2D eigenvalue weighted by Gasteiger charge is 2.67. The summed E-state index contributed by atoms with van der Waals surface area (Å²) in [4.78, 5) is 27.6. The molecule has 5 nitrogen and oxygen atoms in total. The first-order chi connectivity index (χ1) is 12.6. The lowest BCUT2D eigenvalue weighted by Gasteiger charge is -2.22. The molecule has 26 heavy (non-hydrogen) atoms. The number of amides is 1. The number of carbonyl (C=O) groups excluding carboxylic acids is 2. The van der Waals surface area contributed by atoms with Gasteiger partial charge in [-0.15, -0.1) is 0 Å². The van der Waals surface area contributed by atoms with Gasteiger partial charge in [0.1, 0.15) is 11.5 Å². The van der Waals surface area contributed by atoms with Crippen LogP contribution >= 0.6 is 0 Å². The Balaban J connectivity index is 1.53. The molecule has 1 spiro atoms. The van der Waals surface area contributed by atoms with Gasteiger partial charge in [0.05, 0.1) is 25.2 Å². The van der Waals surface area contributed by atoms with E-state index in [2.05, 4.69) is 6.92 Å². The molecule has 138 valence electrons. The molecule has 3 aliphatic heterocycles. The molecule has 0 radical (unpaired) electrons. The summed E-state index contributed by atoms with van der Waals surface area (Å²) in [7, 11) is 0. The predicted molar refractivity (Wildman–Crippen MR) is 97.7 cm³/mol. The number of rotatable bonds is 6. The van der Waals surface area contributed by atoms with Gasteiger partial charge in [-0.05, 0) is 25.5 Å². The molecular formula is C21H25NO4. The van der Waals surface area contributed by atoms with E-state index in [0.29, 0.717) is 13.2 Å². The van der Waals surface area contributed by atoms with E-state index in [-0.39, 0.29) is 18.0 Å². The summed E-state index contributed by atoms with van der Waals surface area (Å²) < 4.78 is 11.6. The highest BCUT2D eigenvalue weighted by Crippen LogP contribution is 2.52. The summed E-state index contributed by atoms with van der Waals surface area (Å²) in [6, 6.07) is 7.86. The van der Waals surface area contributed by atoms with Crippen molar-refractivity contribution in [3.05, 3.63) is 42.0 Å². The summed E-state index contributed by atoms with van der Waals surface area (Å²) in [6.07, 6.45) is 6.50. The van der Waals surface area contributed by atoms with Gasteiger partial charge in [-0.25, -0.2) is 0 Å². The number of ether oxygens (including phenoxy) is 2. The SMILES string of the molecule is CCCCCOC(=O)[C@H]1[C@H]2C(=O)N(c3ccc(C)cc3)C[C@@]23C=C[C@H]1O3. The number of hydrogen-bond acceptors (Lipinski definition) is 4. The standard InChI is InChI=1S/C21H25NO4/c1-3-4-5-12-25-20(24)17-16-10-11-21(26-16)13-22(19(23)18(17)21)15-8-6-14(2)7-9-15/h6-11,16-18H,3-5,12-13H2,1-2H3/t16-,17-,18+,21+/m1/s1. The predicted octanol–water partition coefficient (Wildman–Crippen LogP) is 3.01. The second-order valence-electron chi connectivity index (χ2n) is 7.53. The molecule has 0 N–H and O–H groups in total. The van der Waals surface area contributed by atoms with Crippen LogP contribution in [0.25, 0.3) is 0 Å². The second-order valence-corrected chi connectivity index (χ2v) is 7.53. The first kappa shape index (κ1) is 17.3. The van der Waals surface area contributed by atoms with E-state index >= 15 is 0 Å². The normalized spacial score (nSPS) is 31.5. The Hall–Kier alpha value is -2.14. The van der Waals surface area contributed by atoms with E-state index in [1.807, 2.05) is 43.3 Å². The number of carbonyl (C=O) groups is 2. The third kappa shape index (κ3) is 2.65. The lowest BCUT2D eigenvalue weighted by atomic mass is 9.77. The van der Waals surface area contributed by atoms with E-state index in [1.165, 1.54) is 0 Å². The molecule has 3 aliphatic rings. The van der Waals surface area contributed by atoms with Crippen LogP contribution in [0.4, 0.5) is 5.69 Å². The van der Waals surface area contributed by atoms with Gasteiger partial charge >= 0.3 is 5.97 Å². The first-order valence-electron chi connectivity index (χ1n) is 9.47. The Morgan fingerprint density at radius 3 is 2.81 bits per heavy atom. The van der Waals surface area contributed by atoms with Crippen molar-refractivity contribution < 1.29 is 19.1 Å². The van der Waals surface area contributed by atoms with E-state index in [9.17, 15) is 9.59 Å². The minimum atomic E-state index is -0.695. The molecule has 1 amide bonds. The number of fused-ring (bicyclic) bond motifs is 1. The van der Waals surface area contributed by atoms with E-state index < -0.39 is 17.4 Å². The zero-order valence-corrected chi connectivity index (χ0v) is 15.3. The molecule has 5 heteroatoms. The number of anilines is 1. The quantitative estimate of drug-likeness (QED) is 0.447. The number of benzene rings is 1. The van der Waals surface area contributed by atoms with Crippen LogP contribution in [-0.2, 0) is 19.1 Å². The summed E-state index contributed by atoms with van der Waals surface area (Å²) in [5, 5.41) is 0. The Bertz CT molecular complexity index is 741. The average molecular weight is 355 g/mol. The lowest BCUT2D eigenvalue weighted by molar-refractivity contribution is -0.152. The summed E-state index contributed by atoms with van der Waals surface area (Å²) in [5.41, 5.74) is 1.30. The van der Waals surface area contributed by atoms with Gasteiger partial charge < -0.3 is 14.4 Å². The molecule has 0 saturated carbocycles. The topological polar surface area (TPSA) is 55.8 Å². The molecule has 1 aromatic rings. The Kier molecular flexibility index (Phi) is 4.35. The summed E-state index contributed by atoms with van der Waals surface area (Å²) >= 11 is 0. The third-order valence-corrected chi connectivity index (χ3v) is 5.71. The molecule has 0 unspecified atom stereocenters. The highest BCUT2D eigenvalue weighted by atomic mass is 16.6. The number of aryl methyl sites for hydroxylation is 1. The van der Waals surface area contributed by atoms with Crippen molar-refractivity contribution in [3.8, 4) is 0 Å². The molecule has 2 fully saturated rings. The number of nitrogens with zero attached hydrogens (tertiary/aromatic N) is 1. The van der Waals surface area contributed by atoms with Gasteiger partial charge in [0.15, 0.2) is 0 Å². The molecule has 3 heterocycles. The van der Waals surface area contributed by atoms with Crippen molar-refractivity contribution >= 4 is 17.6 Å². The van der Waals surface area contributed by atoms with Gasteiger partial charge in [-0.3, -0.25) is 9.59 Å². The molecule has 4 rings (SSSR count). The van der Waals surface area contributed by atoms with Crippen molar-refractivity contribution in [1.29, 1.82) is 0 Å². The zero-order chi connectivity index (χ0) is 18.3. The first-order valence-corrected chi connectivity index (χ1v) is 9.47. The molecule has 0 aromatic heterocycles. The minimum Gasteiger partial charge on any atom is -0.465 e. The number of esters is 1. The summed E-state index contributed by atoms with van der Waals surface area (Å²) in [6.45, 7) is 4.99. The molecular weight excluding hydrogens is 330 g/mol. The van der Waals surface area contributed by atoms with Crippen LogP contribution < -0.4 is 4.90 Å². The largest absolute Gasteiger partial charge is 0.465 e. The molecule has 2 saturated heterocycles. The fraction of sp³-hybridized carbons (Fsp3) is 0.524. The fourth-order valence-electron chi connectivity index (χ4n) is 4.33. The van der Waals surface area contributed by atoms with Crippen molar-refractivity contribution in [2.24, 2.45) is 11.8 Å². The van der Waals surface area contributed by atoms with Crippen LogP contribution in [-0.4, -0.2) is 36.7 Å². The van der Waals surface area contributed by atoms with Crippen LogP contribution in [0.2, 0.25) is 0 Å². The molecule has 0 aliphatic carbocycles. The van der Waals surface area contributed by atoms with Crippen LogP contribution in [0.3, 0.4) is 0 Å². The van der Waals surface area contributed by atoms with Gasteiger partial charge in [0, 0.05) is 5.69 Å². The summed E-state index contributed by atoms with van der Waals surface area (Å²) in [5.74, 6) is -1.38.